The number of hydrogen-bond acceptors (Lipinski definition) is 7. The van der Waals surface area contributed by atoms with Crippen molar-refractivity contribution in [3.05, 3.63) is 16.3 Å². The van der Waals surface area contributed by atoms with E-state index in [2.05, 4.69) is 9.83 Å². The fraction of sp³-hybridized carbons (Fsp3) is 0.500. The van der Waals surface area contributed by atoms with Crippen LogP contribution in [0.4, 0.5) is 5.82 Å². The van der Waals surface area contributed by atoms with Crippen LogP contribution in [-0.4, -0.2) is 34.6 Å². The number of rotatable bonds is 4. The van der Waals surface area contributed by atoms with Crippen molar-refractivity contribution in [3.8, 4) is 0 Å². The summed E-state index contributed by atoms with van der Waals surface area (Å²) < 4.78 is 5.68. The summed E-state index contributed by atoms with van der Waals surface area (Å²) >= 11 is 2.41. The first-order valence-corrected chi connectivity index (χ1v) is 7.67. The number of carbonyl (C=O) groups excluding carboxylic acids is 2. The van der Waals surface area contributed by atoms with Gasteiger partial charge in [0.15, 0.2) is 4.34 Å². The fourth-order valence-corrected chi connectivity index (χ4v) is 2.73. The summed E-state index contributed by atoms with van der Waals surface area (Å²) in [4.78, 5) is 31.3. The highest BCUT2D eigenvalue weighted by atomic mass is 32.2. The van der Waals surface area contributed by atoms with Gasteiger partial charge in [-0.05, 0) is 27.0 Å². The van der Waals surface area contributed by atoms with Gasteiger partial charge < -0.3 is 10.5 Å². The van der Waals surface area contributed by atoms with Crippen LogP contribution in [0.3, 0.4) is 0 Å². The number of nitrogen functional groups attached to an aromatic ring is 1. The van der Waals surface area contributed by atoms with Gasteiger partial charge in [-0.15, -0.1) is 11.3 Å². The summed E-state index contributed by atoms with van der Waals surface area (Å²) in [7, 11) is 0. The Balaban J connectivity index is 3.01. The van der Waals surface area contributed by atoms with Crippen molar-refractivity contribution in [2.75, 3.05) is 12.0 Å². The third-order valence-corrected chi connectivity index (χ3v) is 4.11. The lowest BCUT2D eigenvalue weighted by Gasteiger charge is -2.19. The maximum Gasteiger partial charge on any atom is 0.399 e. The van der Waals surface area contributed by atoms with E-state index in [4.69, 9.17) is 17.0 Å². The number of nitrogens with zero attached hydrogens (tertiary/aromatic N) is 2. The van der Waals surface area contributed by atoms with E-state index in [1.807, 2.05) is 0 Å². The quantitative estimate of drug-likeness (QED) is 0.302. The van der Waals surface area contributed by atoms with Gasteiger partial charge in [-0.1, -0.05) is 11.8 Å². The maximum absolute atomic E-state index is 12.2. The first-order chi connectivity index (χ1) is 9.19. The molecule has 0 radical (unpaired) electrons. The van der Waals surface area contributed by atoms with Crippen molar-refractivity contribution in [1.29, 1.82) is 0 Å². The molecule has 0 amide bonds. The minimum absolute atomic E-state index is 0.0431. The molecule has 0 spiro atoms. The summed E-state index contributed by atoms with van der Waals surface area (Å²) in [6.07, 6.45) is 1.80. The second-order valence-corrected chi connectivity index (χ2v) is 6.88. The number of nitrogens with two attached hydrogens (primary N) is 1. The Bertz CT molecular complexity index is 569. The lowest BCUT2D eigenvalue weighted by atomic mass is 10.1. The van der Waals surface area contributed by atoms with Crippen LogP contribution >= 0.6 is 23.1 Å². The molecule has 0 fully saturated rings. The fourth-order valence-electron chi connectivity index (χ4n) is 1.28. The molecule has 2 N–H and O–H groups in total. The van der Waals surface area contributed by atoms with E-state index in [0.717, 1.165) is 11.3 Å². The van der Waals surface area contributed by atoms with Crippen LogP contribution < -0.4 is 5.73 Å². The molecule has 0 aliphatic rings. The summed E-state index contributed by atoms with van der Waals surface area (Å²) in [5.74, 6) is -1.48. The zero-order chi connectivity index (χ0) is 15.5. The number of ketones is 1. The molecule has 6 nitrogen and oxygen atoms in total. The van der Waals surface area contributed by atoms with Crippen molar-refractivity contribution in [2.24, 2.45) is 0 Å². The highest BCUT2D eigenvalue weighted by Crippen LogP contribution is 2.29. The molecule has 0 saturated heterocycles. The molecular formula is C12H15N3O3S2. The second kappa shape index (κ2) is 6.24. The third-order valence-electron chi connectivity index (χ3n) is 2.04. The van der Waals surface area contributed by atoms with Gasteiger partial charge >= 0.3 is 12.0 Å². The van der Waals surface area contributed by atoms with E-state index < -0.39 is 23.4 Å². The normalized spacial score (nSPS) is 12.6. The van der Waals surface area contributed by atoms with Crippen LogP contribution in [0.5, 0.6) is 0 Å². The van der Waals surface area contributed by atoms with Crippen molar-refractivity contribution < 1.29 is 14.3 Å². The SMILES string of the molecule is [C-]#[N+]C(C(=O)OC(C)(C)C)C(=O)c1sc(SC)nc1N. The van der Waals surface area contributed by atoms with Crippen LogP contribution in [0.1, 0.15) is 30.4 Å². The van der Waals surface area contributed by atoms with Crippen LogP contribution in [0.25, 0.3) is 4.85 Å². The molecule has 20 heavy (non-hydrogen) atoms. The van der Waals surface area contributed by atoms with Gasteiger partial charge in [-0.3, -0.25) is 9.64 Å². The molecular weight excluding hydrogens is 298 g/mol. The highest BCUT2D eigenvalue weighted by molar-refractivity contribution is 8.00. The third kappa shape index (κ3) is 3.95. The first-order valence-electron chi connectivity index (χ1n) is 5.63. The maximum atomic E-state index is 12.2. The largest absolute Gasteiger partial charge is 0.454 e. The van der Waals surface area contributed by atoms with Crippen LogP contribution in [0, 0.1) is 6.57 Å². The summed E-state index contributed by atoms with van der Waals surface area (Å²) in [6, 6.07) is -1.54. The Labute approximate surface area is 125 Å². The average molecular weight is 313 g/mol. The Hall–Kier alpha value is -1.59. The van der Waals surface area contributed by atoms with E-state index in [9.17, 15) is 9.59 Å². The number of carbonyl (C=O) groups is 2. The van der Waals surface area contributed by atoms with Gasteiger partial charge in [0.1, 0.15) is 16.3 Å². The van der Waals surface area contributed by atoms with Gasteiger partial charge in [-0.2, -0.15) is 0 Å². The Morgan fingerprint density at radius 1 is 1.50 bits per heavy atom. The molecule has 1 unspecified atom stereocenters. The second-order valence-electron chi connectivity index (χ2n) is 4.83. The number of esters is 1. The van der Waals surface area contributed by atoms with E-state index in [-0.39, 0.29) is 10.7 Å². The van der Waals surface area contributed by atoms with Gasteiger partial charge in [0.25, 0.3) is 5.78 Å². The number of anilines is 1. The van der Waals surface area contributed by atoms with Crippen LogP contribution in [-0.2, 0) is 9.53 Å². The molecule has 0 aliphatic heterocycles. The molecule has 1 aromatic rings. The van der Waals surface area contributed by atoms with Crippen LogP contribution in [0.2, 0.25) is 0 Å². The highest BCUT2D eigenvalue weighted by Gasteiger charge is 2.39. The minimum Gasteiger partial charge on any atom is -0.454 e. The topological polar surface area (TPSA) is 86.6 Å². The number of hydrogen-bond donors (Lipinski definition) is 1. The van der Waals surface area contributed by atoms with Crippen molar-refractivity contribution in [2.45, 2.75) is 36.8 Å². The molecule has 8 heteroatoms. The van der Waals surface area contributed by atoms with Gasteiger partial charge in [-0.25, -0.2) is 16.4 Å². The summed E-state index contributed by atoms with van der Waals surface area (Å²) in [5.41, 5.74) is 4.89. The number of Topliss-reactive ketones (excluding diaryl/α,β-unsaturated/α-hetero) is 1. The molecule has 0 aliphatic carbocycles. The number of thioether (sulfide) groups is 1. The van der Waals surface area contributed by atoms with Crippen molar-refractivity contribution >= 4 is 40.7 Å². The minimum atomic E-state index is -1.54. The number of thiazole rings is 1. The molecule has 1 aromatic heterocycles. The van der Waals surface area contributed by atoms with E-state index >= 15 is 0 Å². The summed E-state index contributed by atoms with van der Waals surface area (Å²) in [5, 5.41) is 0. The van der Waals surface area contributed by atoms with E-state index in [1.165, 1.54) is 11.8 Å². The molecule has 0 saturated carbocycles. The van der Waals surface area contributed by atoms with Gasteiger partial charge in [0.2, 0.25) is 0 Å². The van der Waals surface area contributed by atoms with Crippen molar-refractivity contribution in [3.63, 3.8) is 0 Å². The monoisotopic (exact) mass is 313 g/mol. The van der Waals surface area contributed by atoms with E-state index in [1.54, 1.807) is 27.0 Å². The molecule has 1 rings (SSSR count). The standard InChI is InChI=1S/C12H15N3O3S2/c1-12(2,3)18-10(17)6(14-4)7(16)8-9(13)15-11(19-5)20-8/h6H,13H2,1-3,5H3. The van der Waals surface area contributed by atoms with Gasteiger partial charge in [0.05, 0.1) is 0 Å². The van der Waals surface area contributed by atoms with Crippen LogP contribution in [0.15, 0.2) is 4.34 Å². The predicted octanol–water partition coefficient (Wildman–Crippen LogP) is 2.26. The molecule has 108 valence electrons. The lowest BCUT2D eigenvalue weighted by Crippen LogP contribution is -2.34. The molecule has 0 aromatic carbocycles. The Morgan fingerprint density at radius 3 is 2.50 bits per heavy atom. The number of aromatic nitrogens is 1. The smallest absolute Gasteiger partial charge is 0.399 e. The molecule has 1 atom stereocenters. The Morgan fingerprint density at radius 2 is 2.10 bits per heavy atom. The van der Waals surface area contributed by atoms with E-state index in [0.29, 0.717) is 4.34 Å². The lowest BCUT2D eigenvalue weighted by molar-refractivity contribution is -0.154. The van der Waals surface area contributed by atoms with Gasteiger partial charge in [0, 0.05) is 0 Å². The molecule has 1 heterocycles. The average Bonchev–Trinajstić information content (AvgIpc) is 2.69. The first kappa shape index (κ1) is 16.5. The van der Waals surface area contributed by atoms with Crippen molar-refractivity contribution in [1.82, 2.24) is 4.98 Å². The zero-order valence-corrected chi connectivity index (χ0v) is 13.2. The summed E-state index contributed by atoms with van der Waals surface area (Å²) in [6.45, 7) is 12.1. The molecule has 0 bridgehead atoms. The predicted molar refractivity (Wildman–Crippen MR) is 78.9 cm³/mol. The zero-order valence-electron chi connectivity index (χ0n) is 11.6. The number of ether oxygens (including phenoxy) is 1. The Kier molecular flexibility index (Phi) is 5.14.